The predicted molar refractivity (Wildman–Crippen MR) is 113 cm³/mol. The van der Waals surface area contributed by atoms with Crippen molar-refractivity contribution in [1.82, 2.24) is 14.3 Å². The van der Waals surface area contributed by atoms with Crippen LogP contribution in [0, 0.1) is 5.41 Å². The Bertz CT molecular complexity index is 1290. The number of anilines is 2. The fourth-order valence-corrected chi connectivity index (χ4v) is 3.88. The maximum Gasteiger partial charge on any atom is 0.573 e. The number of ether oxygens (including phenoxy) is 1. The second-order valence-corrected chi connectivity index (χ2v) is 8.55. The van der Waals surface area contributed by atoms with E-state index in [1.165, 1.54) is 16.7 Å². The number of hydrogen-bond donors (Lipinski definition) is 1. The third-order valence-electron chi connectivity index (χ3n) is 5.30. The highest BCUT2D eigenvalue weighted by molar-refractivity contribution is 5.61. The van der Waals surface area contributed by atoms with E-state index in [0.717, 1.165) is 22.4 Å². The Morgan fingerprint density at radius 2 is 1.69 bits per heavy atom. The van der Waals surface area contributed by atoms with Gasteiger partial charge in [0.15, 0.2) is 5.82 Å². The molecule has 1 aliphatic carbocycles. The number of nitrogens with zero attached hydrogens (tertiary/aromatic N) is 3. The number of aryl methyl sites for hydroxylation is 1. The van der Waals surface area contributed by atoms with Crippen molar-refractivity contribution in [3.05, 3.63) is 74.4 Å². The monoisotopic (exact) mass is 446 g/mol. The van der Waals surface area contributed by atoms with Gasteiger partial charge in [0.25, 0.3) is 11.1 Å². The second-order valence-electron chi connectivity index (χ2n) is 8.55. The summed E-state index contributed by atoms with van der Waals surface area (Å²) in [5, 5.41) is 7.49. The molecule has 0 atom stereocenters. The van der Waals surface area contributed by atoms with Crippen LogP contribution in [0.2, 0.25) is 0 Å². The van der Waals surface area contributed by atoms with Crippen LogP contribution in [-0.4, -0.2) is 20.7 Å². The van der Waals surface area contributed by atoms with Gasteiger partial charge in [0.05, 0.1) is 5.69 Å². The van der Waals surface area contributed by atoms with Crippen molar-refractivity contribution in [1.29, 1.82) is 0 Å². The molecule has 168 valence electrons. The Kier molecular flexibility index (Phi) is 5.10. The van der Waals surface area contributed by atoms with Gasteiger partial charge in [-0.15, -0.1) is 18.3 Å². The molecule has 1 N–H and O–H groups in total. The number of fused-ring (bicyclic) bond motifs is 1. The lowest BCUT2D eigenvalue weighted by molar-refractivity contribution is -0.274. The van der Waals surface area contributed by atoms with Crippen molar-refractivity contribution in [3.63, 3.8) is 0 Å². The van der Waals surface area contributed by atoms with Crippen LogP contribution in [-0.2, 0) is 19.9 Å². The lowest BCUT2D eigenvalue weighted by Gasteiger charge is -2.15. The third kappa shape index (κ3) is 4.25. The Hall–Kier alpha value is -3.56. The van der Waals surface area contributed by atoms with E-state index in [2.05, 4.69) is 15.2 Å². The lowest BCUT2D eigenvalue weighted by atomic mass is 9.90. The minimum Gasteiger partial charge on any atom is -0.406 e. The normalized spacial score (nSPS) is 14.8. The Labute approximate surface area is 181 Å². The van der Waals surface area contributed by atoms with Crippen LogP contribution in [0.3, 0.4) is 0 Å². The van der Waals surface area contributed by atoms with E-state index in [1.54, 1.807) is 25.4 Å². The van der Waals surface area contributed by atoms with Gasteiger partial charge in [-0.3, -0.25) is 9.59 Å². The minimum absolute atomic E-state index is 0.176. The summed E-state index contributed by atoms with van der Waals surface area (Å²) < 4.78 is 43.8. The number of pyridine rings is 1. The van der Waals surface area contributed by atoms with E-state index in [-0.39, 0.29) is 22.2 Å². The molecule has 7 nitrogen and oxygen atoms in total. The summed E-state index contributed by atoms with van der Waals surface area (Å²) in [5.41, 5.74) is 1.10. The molecule has 3 aromatic rings. The summed E-state index contributed by atoms with van der Waals surface area (Å²) in [6, 6.07) is 8.22. The first-order valence-corrected chi connectivity index (χ1v) is 9.87. The van der Waals surface area contributed by atoms with Crippen LogP contribution < -0.4 is 21.2 Å². The highest BCUT2D eigenvalue weighted by atomic mass is 19.4. The molecule has 10 heteroatoms. The van der Waals surface area contributed by atoms with Crippen LogP contribution in [0.15, 0.2) is 52.2 Å². The minimum atomic E-state index is -4.81. The molecule has 0 fully saturated rings. The largest absolute Gasteiger partial charge is 0.573 e. The number of alkyl halides is 3. The SMILES string of the molecule is Cn1cccc(Nc2nn(-c3ccc(OC(F)(F)F)cc3)c(=O)c3c2CC(C)(C)C3)c1=O. The quantitative estimate of drug-likeness (QED) is 0.661. The first-order chi connectivity index (χ1) is 14.9. The summed E-state index contributed by atoms with van der Waals surface area (Å²) >= 11 is 0. The summed E-state index contributed by atoms with van der Waals surface area (Å²) in [5.74, 6) is -0.0354. The zero-order valence-electron chi connectivity index (χ0n) is 17.7. The van der Waals surface area contributed by atoms with Gasteiger partial charge in [0, 0.05) is 24.4 Å². The molecular formula is C22H21F3N4O3. The fourth-order valence-electron chi connectivity index (χ4n) is 3.88. The standard InChI is InChI=1S/C22H21F3N4O3/c1-21(2)11-15-16(12-21)19(30)29(13-6-8-14(9-7-13)32-22(23,24)25)27-18(15)26-17-5-4-10-28(3)20(17)31/h4-10H,11-12H2,1-3H3,(H,26,27). The summed E-state index contributed by atoms with van der Waals surface area (Å²) in [6.07, 6.45) is -2.08. The third-order valence-corrected chi connectivity index (χ3v) is 5.30. The average Bonchev–Trinajstić information content (AvgIpc) is 3.03. The van der Waals surface area contributed by atoms with E-state index in [4.69, 9.17) is 0 Å². The van der Waals surface area contributed by atoms with Crippen molar-refractivity contribution in [2.75, 3.05) is 5.32 Å². The second kappa shape index (κ2) is 7.54. The van der Waals surface area contributed by atoms with E-state index < -0.39 is 12.1 Å². The van der Waals surface area contributed by atoms with E-state index in [9.17, 15) is 22.8 Å². The van der Waals surface area contributed by atoms with Crippen molar-refractivity contribution < 1.29 is 17.9 Å². The Morgan fingerprint density at radius 1 is 1.03 bits per heavy atom. The van der Waals surface area contributed by atoms with Crippen LogP contribution >= 0.6 is 0 Å². The number of aromatic nitrogens is 3. The van der Waals surface area contributed by atoms with Crippen LogP contribution in [0.5, 0.6) is 5.75 Å². The molecule has 0 radical (unpaired) electrons. The van der Waals surface area contributed by atoms with E-state index in [1.807, 2.05) is 13.8 Å². The number of benzene rings is 1. The molecule has 0 unspecified atom stereocenters. The van der Waals surface area contributed by atoms with Gasteiger partial charge in [0.2, 0.25) is 0 Å². The van der Waals surface area contributed by atoms with Gasteiger partial charge in [-0.1, -0.05) is 13.8 Å². The summed E-state index contributed by atoms with van der Waals surface area (Å²) in [7, 11) is 1.62. The number of hydrogen-bond acceptors (Lipinski definition) is 5. The van der Waals surface area contributed by atoms with Crippen molar-refractivity contribution in [2.24, 2.45) is 12.5 Å². The van der Waals surface area contributed by atoms with E-state index in [0.29, 0.717) is 29.9 Å². The molecular weight excluding hydrogens is 425 g/mol. The molecule has 1 aliphatic rings. The van der Waals surface area contributed by atoms with Crippen molar-refractivity contribution in [2.45, 2.75) is 33.1 Å². The number of rotatable bonds is 4. The van der Waals surface area contributed by atoms with Crippen molar-refractivity contribution in [3.8, 4) is 11.4 Å². The van der Waals surface area contributed by atoms with Gasteiger partial charge in [-0.05, 0) is 54.7 Å². The summed E-state index contributed by atoms with van der Waals surface area (Å²) in [6.45, 7) is 4.07. The average molecular weight is 446 g/mol. The van der Waals surface area contributed by atoms with Gasteiger partial charge in [-0.2, -0.15) is 4.68 Å². The molecule has 2 heterocycles. The van der Waals surface area contributed by atoms with Gasteiger partial charge >= 0.3 is 6.36 Å². The highest BCUT2D eigenvalue weighted by Crippen LogP contribution is 2.38. The van der Waals surface area contributed by atoms with E-state index >= 15 is 0 Å². The molecule has 0 saturated carbocycles. The summed E-state index contributed by atoms with van der Waals surface area (Å²) in [4.78, 5) is 25.7. The molecule has 0 bridgehead atoms. The molecule has 1 aromatic carbocycles. The van der Waals surface area contributed by atoms with Crippen LogP contribution in [0.25, 0.3) is 5.69 Å². The molecule has 0 saturated heterocycles. The van der Waals surface area contributed by atoms with Gasteiger partial charge in [0.1, 0.15) is 11.4 Å². The van der Waals surface area contributed by atoms with Gasteiger partial charge in [-0.25, -0.2) is 0 Å². The molecule has 32 heavy (non-hydrogen) atoms. The number of halogens is 3. The predicted octanol–water partition coefficient (Wildman–Crippen LogP) is 3.70. The molecule has 2 aromatic heterocycles. The Morgan fingerprint density at radius 3 is 2.34 bits per heavy atom. The fraction of sp³-hybridized carbons (Fsp3) is 0.318. The first kappa shape index (κ1) is 21.7. The molecule has 0 aliphatic heterocycles. The molecule has 4 rings (SSSR count). The van der Waals surface area contributed by atoms with Crippen LogP contribution in [0.4, 0.5) is 24.7 Å². The maximum atomic E-state index is 13.2. The zero-order chi connectivity index (χ0) is 23.3. The topological polar surface area (TPSA) is 78.2 Å². The van der Waals surface area contributed by atoms with Crippen LogP contribution in [0.1, 0.15) is 25.0 Å². The molecule has 0 spiro atoms. The first-order valence-electron chi connectivity index (χ1n) is 9.87. The van der Waals surface area contributed by atoms with Gasteiger partial charge < -0.3 is 14.6 Å². The Balaban J connectivity index is 1.81. The lowest BCUT2D eigenvalue weighted by Crippen LogP contribution is -2.27. The molecule has 0 amide bonds. The smallest absolute Gasteiger partial charge is 0.406 e. The number of nitrogens with one attached hydrogen (secondary N) is 1. The zero-order valence-corrected chi connectivity index (χ0v) is 17.7. The van der Waals surface area contributed by atoms with Crippen molar-refractivity contribution >= 4 is 11.5 Å². The maximum absolute atomic E-state index is 13.2. The highest BCUT2D eigenvalue weighted by Gasteiger charge is 2.35.